The van der Waals surface area contributed by atoms with Gasteiger partial charge in [-0.1, -0.05) is 5.16 Å². The van der Waals surface area contributed by atoms with Crippen molar-refractivity contribution >= 4 is 27.6 Å². The molecule has 0 radical (unpaired) electrons. The quantitative estimate of drug-likeness (QED) is 0.608. The van der Waals surface area contributed by atoms with Crippen LogP contribution in [-0.2, 0) is 0 Å². The van der Waals surface area contributed by atoms with Gasteiger partial charge in [-0.25, -0.2) is 4.79 Å². The van der Waals surface area contributed by atoms with Crippen LogP contribution in [0.4, 0.5) is 5.69 Å². The second-order valence-electron chi connectivity index (χ2n) is 1.71. The summed E-state index contributed by atoms with van der Waals surface area (Å²) in [7, 11) is 0. The average molecular weight is 237 g/mol. The number of nitro groups is 1. The number of hydrogen-bond donors (Lipinski definition) is 1. The minimum absolute atomic E-state index is 0.232. The smallest absolute Gasteiger partial charge is 0.382 e. The van der Waals surface area contributed by atoms with Gasteiger partial charge in [0, 0.05) is 0 Å². The monoisotopic (exact) mass is 236 g/mol. The summed E-state index contributed by atoms with van der Waals surface area (Å²) in [4.78, 5) is 19.6. The molecule has 7 nitrogen and oxygen atoms in total. The first kappa shape index (κ1) is 8.65. The summed E-state index contributed by atoms with van der Waals surface area (Å²) in [5.74, 6) is -2.31. The highest BCUT2D eigenvalue weighted by Crippen LogP contribution is 2.27. The Kier molecular flexibility index (Phi) is 2.09. The van der Waals surface area contributed by atoms with Crippen molar-refractivity contribution in [3.63, 3.8) is 0 Å². The molecular weight excluding hydrogens is 236 g/mol. The molecule has 1 heterocycles. The van der Waals surface area contributed by atoms with Gasteiger partial charge in [-0.2, -0.15) is 0 Å². The summed E-state index contributed by atoms with van der Waals surface area (Å²) in [6.07, 6.45) is 0. The van der Waals surface area contributed by atoms with Crippen molar-refractivity contribution < 1.29 is 19.3 Å². The number of aromatic carboxylic acids is 1. The normalized spacial score (nSPS) is 9.75. The minimum Gasteiger partial charge on any atom is -0.475 e. The Labute approximate surface area is 73.2 Å². The molecule has 1 N–H and O–H groups in total. The van der Waals surface area contributed by atoms with Crippen LogP contribution in [0.5, 0.6) is 0 Å². The molecule has 12 heavy (non-hydrogen) atoms. The van der Waals surface area contributed by atoms with Crippen LogP contribution in [0.3, 0.4) is 0 Å². The van der Waals surface area contributed by atoms with E-state index in [2.05, 4.69) is 25.6 Å². The Balaban J connectivity index is 3.31. The third-order valence-corrected chi connectivity index (χ3v) is 1.52. The number of halogens is 1. The first-order chi connectivity index (χ1) is 5.54. The Morgan fingerprint density at radius 2 is 2.33 bits per heavy atom. The van der Waals surface area contributed by atoms with E-state index in [1.54, 1.807) is 0 Å². The lowest BCUT2D eigenvalue weighted by atomic mass is 10.4. The predicted molar refractivity (Wildman–Crippen MR) is 37.8 cm³/mol. The summed E-state index contributed by atoms with van der Waals surface area (Å²) in [5.41, 5.74) is -0.678. The molecule has 0 aliphatic carbocycles. The van der Waals surface area contributed by atoms with Gasteiger partial charge < -0.3 is 9.63 Å². The van der Waals surface area contributed by atoms with Crippen LogP contribution in [-0.4, -0.2) is 21.2 Å². The molecule has 0 aromatic carbocycles. The molecule has 0 bridgehead atoms. The zero-order valence-electron chi connectivity index (χ0n) is 5.35. The maximum Gasteiger partial charge on any atom is 0.382 e. The molecule has 0 unspecified atom stereocenters. The third-order valence-electron chi connectivity index (χ3n) is 1.00. The van der Waals surface area contributed by atoms with Gasteiger partial charge in [0.15, 0.2) is 0 Å². The molecule has 0 saturated heterocycles. The lowest BCUT2D eigenvalue weighted by molar-refractivity contribution is -0.386. The van der Waals surface area contributed by atoms with Crippen LogP contribution in [0.25, 0.3) is 0 Å². The topological polar surface area (TPSA) is 106 Å². The van der Waals surface area contributed by atoms with Crippen molar-refractivity contribution in [1.29, 1.82) is 0 Å². The zero-order chi connectivity index (χ0) is 9.30. The number of hydrogen-bond acceptors (Lipinski definition) is 5. The maximum absolute atomic E-state index is 10.3. The molecule has 0 atom stereocenters. The molecule has 1 aromatic rings. The van der Waals surface area contributed by atoms with E-state index in [-0.39, 0.29) is 4.60 Å². The first-order valence-corrected chi connectivity index (χ1v) is 3.36. The SMILES string of the molecule is O=C(O)c1onc(Br)c1[N+](=O)[O-]. The molecule has 1 aromatic heterocycles. The number of carboxylic acids is 1. The van der Waals surface area contributed by atoms with Crippen LogP contribution >= 0.6 is 15.9 Å². The van der Waals surface area contributed by atoms with Gasteiger partial charge in [0.2, 0.25) is 4.60 Å². The molecule has 64 valence electrons. The molecule has 0 aliphatic heterocycles. The highest BCUT2D eigenvalue weighted by molar-refractivity contribution is 9.10. The van der Waals surface area contributed by atoms with Crippen LogP contribution in [0.1, 0.15) is 10.6 Å². The number of nitrogens with zero attached hydrogens (tertiary/aromatic N) is 2. The summed E-state index contributed by atoms with van der Waals surface area (Å²) >= 11 is 2.68. The summed E-state index contributed by atoms with van der Waals surface area (Å²) in [5, 5.41) is 21.7. The van der Waals surface area contributed by atoms with Crippen molar-refractivity contribution in [2.75, 3.05) is 0 Å². The number of carboxylic acid groups (broad SMARTS) is 1. The van der Waals surface area contributed by atoms with Crippen LogP contribution in [0.2, 0.25) is 0 Å². The van der Waals surface area contributed by atoms with Gasteiger partial charge >= 0.3 is 17.4 Å². The van der Waals surface area contributed by atoms with E-state index >= 15 is 0 Å². The molecule has 1 rings (SSSR count). The fourth-order valence-electron chi connectivity index (χ4n) is 0.564. The Bertz CT molecular complexity index is 345. The van der Waals surface area contributed by atoms with Crippen molar-refractivity contribution in [2.45, 2.75) is 0 Å². The zero-order valence-corrected chi connectivity index (χ0v) is 6.94. The standard InChI is InChI=1S/C4HBrN2O5/c5-3-1(7(10)11)2(4(8)9)12-6-3/h(H,8,9). The second-order valence-corrected chi connectivity index (χ2v) is 2.46. The average Bonchev–Trinajstić information content (AvgIpc) is 2.30. The Morgan fingerprint density at radius 1 is 1.75 bits per heavy atom. The fourth-order valence-corrected chi connectivity index (χ4v) is 0.962. The maximum atomic E-state index is 10.3. The van der Waals surface area contributed by atoms with E-state index in [0.29, 0.717) is 0 Å². The largest absolute Gasteiger partial charge is 0.475 e. The molecule has 0 spiro atoms. The highest BCUT2D eigenvalue weighted by Gasteiger charge is 2.30. The molecule has 0 saturated carbocycles. The summed E-state index contributed by atoms with van der Waals surface area (Å²) in [6, 6.07) is 0. The van der Waals surface area contributed by atoms with Crippen molar-refractivity contribution in [2.24, 2.45) is 0 Å². The molecule has 0 amide bonds. The third kappa shape index (κ3) is 1.28. The Morgan fingerprint density at radius 3 is 2.67 bits per heavy atom. The van der Waals surface area contributed by atoms with Gasteiger partial charge in [0.05, 0.1) is 4.92 Å². The number of carbonyl (C=O) groups is 1. The van der Waals surface area contributed by atoms with Crippen molar-refractivity contribution in [1.82, 2.24) is 5.16 Å². The van der Waals surface area contributed by atoms with Crippen LogP contribution < -0.4 is 0 Å². The lowest BCUT2D eigenvalue weighted by Gasteiger charge is -1.85. The van der Waals surface area contributed by atoms with E-state index in [4.69, 9.17) is 5.11 Å². The number of rotatable bonds is 2. The molecule has 0 fully saturated rings. The minimum atomic E-state index is -1.53. The Hall–Kier alpha value is -1.44. The van der Waals surface area contributed by atoms with E-state index in [1.807, 2.05) is 0 Å². The van der Waals surface area contributed by atoms with Crippen LogP contribution in [0, 0.1) is 10.1 Å². The first-order valence-electron chi connectivity index (χ1n) is 2.57. The van der Waals surface area contributed by atoms with E-state index in [0.717, 1.165) is 0 Å². The van der Waals surface area contributed by atoms with Crippen LogP contribution in [0.15, 0.2) is 9.13 Å². The van der Waals surface area contributed by atoms with Gasteiger partial charge in [-0.3, -0.25) is 10.1 Å². The lowest BCUT2D eigenvalue weighted by Crippen LogP contribution is -1.99. The van der Waals surface area contributed by atoms with Gasteiger partial charge in [-0.15, -0.1) is 0 Å². The van der Waals surface area contributed by atoms with Gasteiger partial charge in [0.1, 0.15) is 0 Å². The van der Waals surface area contributed by atoms with Gasteiger partial charge in [0.25, 0.3) is 0 Å². The number of aromatic nitrogens is 1. The second kappa shape index (κ2) is 2.89. The fraction of sp³-hybridized carbons (Fsp3) is 0. The summed E-state index contributed by atoms with van der Waals surface area (Å²) < 4.78 is 3.95. The predicted octanol–water partition coefficient (Wildman–Crippen LogP) is 1.04. The highest BCUT2D eigenvalue weighted by atomic mass is 79.9. The van der Waals surface area contributed by atoms with Crippen molar-refractivity contribution in [3.8, 4) is 0 Å². The van der Waals surface area contributed by atoms with E-state index in [1.165, 1.54) is 0 Å². The molecular formula is C4HBrN2O5. The molecule has 0 aliphatic rings. The van der Waals surface area contributed by atoms with E-state index in [9.17, 15) is 14.9 Å². The van der Waals surface area contributed by atoms with E-state index < -0.39 is 22.3 Å². The van der Waals surface area contributed by atoms with Crippen molar-refractivity contribution in [3.05, 3.63) is 20.5 Å². The summed E-state index contributed by atoms with van der Waals surface area (Å²) in [6.45, 7) is 0. The molecule has 8 heteroatoms. The van der Waals surface area contributed by atoms with Gasteiger partial charge in [-0.05, 0) is 15.9 Å².